The number of nitrogens with one attached hydrogen (secondary N) is 1. The largest absolute Gasteiger partial charge is 0.454 e. The lowest BCUT2D eigenvalue weighted by Crippen LogP contribution is -2.71. The first-order chi connectivity index (χ1) is 14.7. The Morgan fingerprint density at radius 2 is 2.13 bits per heavy atom. The minimum Gasteiger partial charge on any atom is -0.454 e. The molecule has 0 radical (unpaired) electrons. The van der Waals surface area contributed by atoms with Crippen molar-refractivity contribution >= 4 is 36.0 Å². The number of fused-ring (bicyclic) bond motifs is 2. The topological polar surface area (TPSA) is 146 Å². The zero-order valence-corrected chi connectivity index (χ0v) is 17.5. The van der Waals surface area contributed by atoms with Crippen molar-refractivity contribution in [2.75, 3.05) is 13.6 Å². The van der Waals surface area contributed by atoms with Gasteiger partial charge in [-0.1, -0.05) is 6.07 Å². The van der Waals surface area contributed by atoms with Crippen molar-refractivity contribution in [3.8, 4) is 11.5 Å². The molecule has 0 saturated carbocycles. The van der Waals surface area contributed by atoms with Gasteiger partial charge in [-0.2, -0.15) is 0 Å². The number of hydrogen-bond acceptors (Lipinski definition) is 10. The second kappa shape index (κ2) is 7.93. The van der Waals surface area contributed by atoms with Crippen LogP contribution in [0.1, 0.15) is 25.5 Å². The van der Waals surface area contributed by atoms with Crippen molar-refractivity contribution in [1.82, 2.24) is 10.2 Å². The molecule has 0 bridgehead atoms. The highest BCUT2D eigenvalue weighted by Gasteiger charge is 2.64. The van der Waals surface area contributed by atoms with Crippen LogP contribution in [0.3, 0.4) is 0 Å². The van der Waals surface area contributed by atoms with Gasteiger partial charge in [0.05, 0.1) is 0 Å². The summed E-state index contributed by atoms with van der Waals surface area (Å²) in [6.45, 7) is 3.33. The quantitative estimate of drug-likeness (QED) is 0.185. The molecule has 0 aliphatic carbocycles. The van der Waals surface area contributed by atoms with Crippen LogP contribution < -0.4 is 20.5 Å². The average molecular weight is 451 g/mol. The SMILES string of the molecule is CC1(C)S[C@@H]2C(NC(=O)C(N)c3ccc4c(c3)OCO4)C(=O)N2[C@H]1C(=O)OCOC=O. The summed E-state index contributed by atoms with van der Waals surface area (Å²) in [5.41, 5.74) is 6.60. The second-order valence-electron chi connectivity index (χ2n) is 7.68. The lowest BCUT2D eigenvalue weighted by molar-refractivity contribution is -0.173. The van der Waals surface area contributed by atoms with Gasteiger partial charge in [-0.25, -0.2) is 4.79 Å². The van der Waals surface area contributed by atoms with E-state index in [4.69, 9.17) is 19.9 Å². The summed E-state index contributed by atoms with van der Waals surface area (Å²) >= 11 is 1.37. The van der Waals surface area contributed by atoms with Crippen molar-refractivity contribution in [2.24, 2.45) is 5.73 Å². The molecule has 2 fully saturated rings. The van der Waals surface area contributed by atoms with Gasteiger partial charge in [0, 0.05) is 4.75 Å². The Bertz CT molecular complexity index is 939. The molecular formula is C19H21N3O8S. The Morgan fingerprint density at radius 1 is 1.39 bits per heavy atom. The molecule has 3 aliphatic heterocycles. The summed E-state index contributed by atoms with van der Waals surface area (Å²) in [4.78, 5) is 49.5. The molecule has 0 aromatic heterocycles. The average Bonchev–Trinajstić information content (AvgIpc) is 3.30. The number of hydrogen-bond donors (Lipinski definition) is 2. The van der Waals surface area contributed by atoms with E-state index in [0.717, 1.165) is 0 Å². The molecule has 12 heteroatoms. The van der Waals surface area contributed by atoms with Crippen LogP contribution in [-0.4, -0.2) is 64.9 Å². The normalized spacial score (nSPS) is 25.8. The van der Waals surface area contributed by atoms with Crippen molar-refractivity contribution in [2.45, 2.75) is 42.1 Å². The predicted molar refractivity (Wildman–Crippen MR) is 106 cm³/mol. The first-order valence-electron chi connectivity index (χ1n) is 9.42. The number of benzene rings is 1. The number of carbonyl (C=O) groups excluding carboxylic acids is 4. The van der Waals surface area contributed by atoms with Gasteiger partial charge in [-0.05, 0) is 31.5 Å². The molecule has 3 heterocycles. The summed E-state index contributed by atoms with van der Waals surface area (Å²) in [5.74, 6) is -0.549. The molecule has 11 nitrogen and oxygen atoms in total. The van der Waals surface area contributed by atoms with Crippen LogP contribution in [0.15, 0.2) is 18.2 Å². The molecular weight excluding hydrogens is 430 g/mol. The minimum absolute atomic E-state index is 0.103. The third kappa shape index (κ3) is 3.65. The molecule has 2 saturated heterocycles. The number of esters is 1. The fourth-order valence-electron chi connectivity index (χ4n) is 3.83. The third-order valence-corrected chi connectivity index (χ3v) is 6.91. The highest BCUT2D eigenvalue weighted by Crippen LogP contribution is 2.51. The summed E-state index contributed by atoms with van der Waals surface area (Å²) in [5, 5.41) is 2.24. The highest BCUT2D eigenvalue weighted by molar-refractivity contribution is 8.01. The Kier molecular flexibility index (Phi) is 5.43. The van der Waals surface area contributed by atoms with E-state index in [1.165, 1.54) is 16.7 Å². The molecule has 2 amide bonds. The van der Waals surface area contributed by atoms with Crippen molar-refractivity contribution < 1.29 is 38.1 Å². The van der Waals surface area contributed by atoms with E-state index in [9.17, 15) is 19.2 Å². The molecule has 1 aromatic rings. The second-order valence-corrected chi connectivity index (χ2v) is 9.45. The van der Waals surface area contributed by atoms with Crippen LogP contribution >= 0.6 is 11.8 Å². The van der Waals surface area contributed by atoms with E-state index in [1.807, 2.05) is 0 Å². The van der Waals surface area contributed by atoms with Crippen molar-refractivity contribution in [1.29, 1.82) is 0 Å². The maximum Gasteiger partial charge on any atom is 0.333 e. The van der Waals surface area contributed by atoms with Gasteiger partial charge in [0.1, 0.15) is 23.5 Å². The van der Waals surface area contributed by atoms with Crippen molar-refractivity contribution in [3.05, 3.63) is 23.8 Å². The summed E-state index contributed by atoms with van der Waals surface area (Å²) in [7, 11) is 0. The van der Waals surface area contributed by atoms with Crippen LogP contribution in [0.2, 0.25) is 0 Å². The lowest BCUT2D eigenvalue weighted by atomic mass is 9.95. The van der Waals surface area contributed by atoms with Crippen LogP contribution in [0, 0.1) is 0 Å². The van der Waals surface area contributed by atoms with Gasteiger partial charge in [0.2, 0.25) is 25.4 Å². The van der Waals surface area contributed by atoms with E-state index in [-0.39, 0.29) is 13.3 Å². The zero-order chi connectivity index (χ0) is 22.3. The van der Waals surface area contributed by atoms with E-state index in [2.05, 4.69) is 10.1 Å². The minimum atomic E-state index is -1.02. The van der Waals surface area contributed by atoms with E-state index in [0.29, 0.717) is 17.1 Å². The van der Waals surface area contributed by atoms with Gasteiger partial charge < -0.3 is 34.9 Å². The summed E-state index contributed by atoms with van der Waals surface area (Å²) in [6, 6.07) is 2.25. The summed E-state index contributed by atoms with van der Waals surface area (Å²) < 4.78 is 19.2. The Labute approximate surface area is 181 Å². The molecule has 3 aliphatic rings. The standard InChI is InChI=1S/C19H21N3O8S/c1-19(2)14(18(26)30-7-27-6-23)22-16(25)13(17(22)31-19)21-15(24)12(20)9-3-4-10-11(5-9)29-8-28-10/h3-6,12-14,17H,7-8,20H2,1-2H3,(H,21,24)/t12?,13?,14-,17+/m0/s1. The van der Waals surface area contributed by atoms with E-state index >= 15 is 0 Å². The Morgan fingerprint density at radius 3 is 2.87 bits per heavy atom. The Hall–Kier alpha value is -2.99. The molecule has 4 rings (SSSR count). The first kappa shape index (κ1) is 21.2. The maximum absolute atomic E-state index is 12.7. The molecule has 166 valence electrons. The molecule has 0 spiro atoms. The molecule has 4 atom stereocenters. The number of thioether (sulfide) groups is 1. The fourth-order valence-corrected chi connectivity index (χ4v) is 5.45. The Balaban J connectivity index is 1.42. The number of nitrogens with two attached hydrogens (primary N) is 1. The van der Waals surface area contributed by atoms with Gasteiger partial charge in [0.25, 0.3) is 6.47 Å². The van der Waals surface area contributed by atoms with Gasteiger partial charge in [0.15, 0.2) is 11.5 Å². The smallest absolute Gasteiger partial charge is 0.333 e. The van der Waals surface area contributed by atoms with Gasteiger partial charge in [-0.15, -0.1) is 11.8 Å². The van der Waals surface area contributed by atoms with Gasteiger partial charge >= 0.3 is 5.97 Å². The lowest BCUT2D eigenvalue weighted by Gasteiger charge is -2.44. The number of β-lactam (4-membered cyclic amide) rings is 1. The van der Waals surface area contributed by atoms with Crippen LogP contribution in [0.4, 0.5) is 0 Å². The van der Waals surface area contributed by atoms with E-state index in [1.54, 1.807) is 32.0 Å². The van der Waals surface area contributed by atoms with Crippen LogP contribution in [0.5, 0.6) is 11.5 Å². The number of amides is 2. The first-order valence-corrected chi connectivity index (χ1v) is 10.3. The highest BCUT2D eigenvalue weighted by atomic mass is 32.2. The predicted octanol–water partition coefficient (Wildman–Crippen LogP) is -0.364. The van der Waals surface area contributed by atoms with Crippen LogP contribution in [0.25, 0.3) is 0 Å². The van der Waals surface area contributed by atoms with Gasteiger partial charge in [-0.3, -0.25) is 14.4 Å². The molecule has 3 N–H and O–H groups in total. The monoisotopic (exact) mass is 451 g/mol. The third-order valence-electron chi connectivity index (χ3n) is 5.34. The molecule has 2 unspecified atom stereocenters. The number of nitrogens with zero attached hydrogens (tertiary/aromatic N) is 1. The maximum atomic E-state index is 12.7. The van der Waals surface area contributed by atoms with E-state index < -0.39 is 52.8 Å². The summed E-state index contributed by atoms with van der Waals surface area (Å²) in [6.07, 6.45) is 0. The number of ether oxygens (including phenoxy) is 4. The molecule has 31 heavy (non-hydrogen) atoms. The zero-order valence-electron chi connectivity index (χ0n) is 16.7. The fraction of sp³-hybridized carbons (Fsp3) is 0.474. The number of carbonyl (C=O) groups is 4. The van der Waals surface area contributed by atoms with Crippen LogP contribution in [-0.2, 0) is 28.7 Å². The van der Waals surface area contributed by atoms with Crippen molar-refractivity contribution in [3.63, 3.8) is 0 Å². The number of rotatable bonds is 7. The molecule has 1 aromatic carbocycles.